The van der Waals surface area contributed by atoms with Crippen molar-refractivity contribution in [3.05, 3.63) is 64.6 Å². The molecule has 134 valence electrons. The molecule has 0 spiro atoms. The van der Waals surface area contributed by atoms with Gasteiger partial charge in [0.05, 0.1) is 17.7 Å². The van der Waals surface area contributed by atoms with E-state index in [-0.39, 0.29) is 11.9 Å². The highest BCUT2D eigenvalue weighted by atomic mass is 32.2. The van der Waals surface area contributed by atoms with Gasteiger partial charge in [0, 0.05) is 6.04 Å². The van der Waals surface area contributed by atoms with E-state index >= 15 is 0 Å². The Morgan fingerprint density at radius 2 is 1.88 bits per heavy atom. The van der Waals surface area contributed by atoms with E-state index in [4.69, 9.17) is 9.73 Å². The van der Waals surface area contributed by atoms with E-state index in [0.717, 1.165) is 17.0 Å². The van der Waals surface area contributed by atoms with Crippen LogP contribution in [0.15, 0.2) is 58.4 Å². The van der Waals surface area contributed by atoms with Crippen LogP contribution in [0.1, 0.15) is 25.0 Å². The van der Waals surface area contributed by atoms with Gasteiger partial charge in [0.1, 0.15) is 5.75 Å². The summed E-state index contributed by atoms with van der Waals surface area (Å²) in [5, 5.41) is 0.711. The summed E-state index contributed by atoms with van der Waals surface area (Å²) in [6.07, 6.45) is 1.89. The number of benzene rings is 2. The fourth-order valence-electron chi connectivity index (χ4n) is 2.63. The van der Waals surface area contributed by atoms with Gasteiger partial charge in [-0.05, 0) is 68.4 Å². The van der Waals surface area contributed by atoms with Gasteiger partial charge < -0.3 is 4.74 Å². The molecule has 0 atom stereocenters. The molecular formula is C21H22N2O2S. The van der Waals surface area contributed by atoms with Crippen LogP contribution in [0.5, 0.6) is 5.75 Å². The summed E-state index contributed by atoms with van der Waals surface area (Å²) in [5.74, 6) is 0.753. The number of hydrogen-bond donors (Lipinski definition) is 0. The van der Waals surface area contributed by atoms with Gasteiger partial charge >= 0.3 is 0 Å². The third kappa shape index (κ3) is 3.99. The van der Waals surface area contributed by atoms with E-state index in [1.807, 2.05) is 75.4 Å². The molecule has 1 saturated heterocycles. The van der Waals surface area contributed by atoms with Crippen molar-refractivity contribution in [3.8, 4) is 5.75 Å². The van der Waals surface area contributed by atoms with Gasteiger partial charge in [-0.15, -0.1) is 0 Å². The van der Waals surface area contributed by atoms with E-state index < -0.39 is 0 Å². The van der Waals surface area contributed by atoms with Gasteiger partial charge in [0.2, 0.25) is 0 Å². The Morgan fingerprint density at radius 1 is 1.15 bits per heavy atom. The summed E-state index contributed by atoms with van der Waals surface area (Å²) >= 11 is 1.41. The molecule has 3 rings (SSSR count). The summed E-state index contributed by atoms with van der Waals surface area (Å²) in [5.41, 5.74) is 2.96. The predicted molar refractivity (Wildman–Crippen MR) is 109 cm³/mol. The maximum Gasteiger partial charge on any atom is 0.266 e. The first-order valence-corrected chi connectivity index (χ1v) is 9.32. The molecule has 1 heterocycles. The number of carbonyl (C=O) groups is 1. The lowest BCUT2D eigenvalue weighted by Gasteiger charge is -2.19. The molecule has 4 nitrogen and oxygen atoms in total. The molecule has 0 saturated carbocycles. The van der Waals surface area contributed by atoms with Gasteiger partial charge in [-0.2, -0.15) is 0 Å². The number of ether oxygens (including phenoxy) is 1. The molecule has 0 N–H and O–H groups in total. The van der Waals surface area contributed by atoms with Crippen LogP contribution in [0.25, 0.3) is 6.08 Å². The number of methoxy groups -OCH3 is 1. The van der Waals surface area contributed by atoms with Crippen molar-refractivity contribution >= 4 is 34.6 Å². The zero-order valence-electron chi connectivity index (χ0n) is 15.4. The Morgan fingerprint density at radius 3 is 2.54 bits per heavy atom. The quantitative estimate of drug-likeness (QED) is 0.714. The Balaban J connectivity index is 1.95. The minimum absolute atomic E-state index is 0.0151. The lowest BCUT2D eigenvalue weighted by molar-refractivity contribution is -0.123. The van der Waals surface area contributed by atoms with E-state index in [9.17, 15) is 4.79 Å². The largest absolute Gasteiger partial charge is 0.497 e. The number of hydrogen-bond acceptors (Lipinski definition) is 4. The van der Waals surface area contributed by atoms with Crippen LogP contribution in [0, 0.1) is 6.92 Å². The van der Waals surface area contributed by atoms with E-state index in [2.05, 4.69) is 0 Å². The van der Waals surface area contributed by atoms with Crippen LogP contribution < -0.4 is 4.74 Å². The van der Waals surface area contributed by atoms with Crippen molar-refractivity contribution in [2.75, 3.05) is 7.11 Å². The van der Waals surface area contributed by atoms with Crippen molar-refractivity contribution in [1.82, 2.24) is 4.90 Å². The van der Waals surface area contributed by atoms with Gasteiger partial charge in [-0.3, -0.25) is 9.69 Å². The van der Waals surface area contributed by atoms with E-state index in [0.29, 0.717) is 10.1 Å². The first-order valence-electron chi connectivity index (χ1n) is 8.50. The maximum absolute atomic E-state index is 12.9. The highest BCUT2D eigenvalue weighted by Gasteiger charge is 2.35. The van der Waals surface area contributed by atoms with Crippen LogP contribution in [0.3, 0.4) is 0 Å². The lowest BCUT2D eigenvalue weighted by atomic mass is 10.2. The fourth-order valence-corrected chi connectivity index (χ4v) is 3.75. The standard InChI is InChI=1S/C21H22N2O2S/c1-14(2)23-20(24)19(13-16-6-5-7-18(12-16)25-4)26-21(23)22-17-10-8-15(3)9-11-17/h5-14H,1-4H3/b19-13+,22-21?. The highest BCUT2D eigenvalue weighted by molar-refractivity contribution is 8.18. The number of amides is 1. The minimum Gasteiger partial charge on any atom is -0.497 e. The predicted octanol–water partition coefficient (Wildman–Crippen LogP) is 5.02. The van der Waals surface area contributed by atoms with Crippen LogP contribution in [0.2, 0.25) is 0 Å². The lowest BCUT2D eigenvalue weighted by Crippen LogP contribution is -2.35. The molecule has 0 unspecified atom stereocenters. The Labute approximate surface area is 158 Å². The van der Waals surface area contributed by atoms with Crippen molar-refractivity contribution in [3.63, 3.8) is 0 Å². The van der Waals surface area contributed by atoms with Gasteiger partial charge in [0.15, 0.2) is 5.17 Å². The maximum atomic E-state index is 12.9. The fraction of sp³-hybridized carbons (Fsp3) is 0.238. The number of aliphatic imine (C=N–C) groups is 1. The number of nitrogens with zero attached hydrogens (tertiary/aromatic N) is 2. The molecular weight excluding hydrogens is 344 g/mol. The Kier molecular flexibility index (Phi) is 5.47. The number of rotatable bonds is 4. The molecule has 0 aromatic heterocycles. The molecule has 1 fully saturated rings. The van der Waals surface area contributed by atoms with Gasteiger partial charge in [-0.25, -0.2) is 4.99 Å². The summed E-state index contributed by atoms with van der Waals surface area (Å²) < 4.78 is 5.26. The summed E-state index contributed by atoms with van der Waals surface area (Å²) in [4.78, 5) is 20.0. The van der Waals surface area contributed by atoms with E-state index in [1.165, 1.54) is 17.3 Å². The van der Waals surface area contributed by atoms with Crippen molar-refractivity contribution in [1.29, 1.82) is 0 Å². The molecule has 0 radical (unpaired) electrons. The zero-order valence-corrected chi connectivity index (χ0v) is 16.2. The summed E-state index contributed by atoms with van der Waals surface area (Å²) in [6, 6.07) is 15.7. The normalized spacial score (nSPS) is 17.6. The Hall–Kier alpha value is -2.53. The topological polar surface area (TPSA) is 41.9 Å². The zero-order chi connectivity index (χ0) is 18.7. The van der Waals surface area contributed by atoms with Gasteiger partial charge in [0.25, 0.3) is 5.91 Å². The number of aryl methyl sites for hydroxylation is 1. The first-order chi connectivity index (χ1) is 12.5. The number of amidine groups is 1. The van der Waals surface area contributed by atoms with E-state index in [1.54, 1.807) is 12.0 Å². The second kappa shape index (κ2) is 7.79. The molecule has 0 aliphatic carbocycles. The van der Waals surface area contributed by atoms with Crippen LogP contribution in [0.4, 0.5) is 5.69 Å². The second-order valence-corrected chi connectivity index (χ2v) is 7.40. The second-order valence-electron chi connectivity index (χ2n) is 6.39. The molecule has 5 heteroatoms. The number of carbonyl (C=O) groups excluding carboxylic acids is 1. The number of thioether (sulfide) groups is 1. The van der Waals surface area contributed by atoms with Gasteiger partial charge in [-0.1, -0.05) is 29.8 Å². The Bertz CT molecular complexity index is 870. The summed E-state index contributed by atoms with van der Waals surface area (Å²) in [7, 11) is 1.63. The molecule has 0 bridgehead atoms. The third-order valence-corrected chi connectivity index (χ3v) is 4.99. The monoisotopic (exact) mass is 366 g/mol. The molecule has 1 aliphatic rings. The van der Waals surface area contributed by atoms with Crippen LogP contribution in [-0.4, -0.2) is 29.1 Å². The average molecular weight is 366 g/mol. The molecule has 1 aliphatic heterocycles. The van der Waals surface area contributed by atoms with Crippen LogP contribution in [-0.2, 0) is 4.79 Å². The third-order valence-electron chi connectivity index (χ3n) is 4.00. The minimum atomic E-state index is -0.0151. The average Bonchev–Trinajstić information content (AvgIpc) is 2.92. The smallest absolute Gasteiger partial charge is 0.266 e. The van der Waals surface area contributed by atoms with Crippen molar-refractivity contribution in [2.24, 2.45) is 4.99 Å². The molecule has 26 heavy (non-hydrogen) atoms. The molecule has 2 aromatic carbocycles. The summed E-state index contributed by atoms with van der Waals surface area (Å²) in [6.45, 7) is 6.04. The first kappa shape index (κ1) is 18.3. The molecule has 2 aromatic rings. The highest BCUT2D eigenvalue weighted by Crippen LogP contribution is 2.35. The van der Waals surface area contributed by atoms with Crippen molar-refractivity contribution < 1.29 is 9.53 Å². The molecule has 1 amide bonds. The van der Waals surface area contributed by atoms with Crippen LogP contribution >= 0.6 is 11.8 Å². The van der Waals surface area contributed by atoms with Crippen molar-refractivity contribution in [2.45, 2.75) is 26.8 Å². The SMILES string of the molecule is COc1cccc(/C=C2/SC(=Nc3ccc(C)cc3)N(C(C)C)C2=O)c1.